The van der Waals surface area contributed by atoms with Crippen molar-refractivity contribution >= 4 is 17.7 Å². The number of imide groups is 1. The van der Waals surface area contributed by atoms with Crippen molar-refractivity contribution in [3.8, 4) is 0 Å². The molecule has 1 aromatic carbocycles. The van der Waals surface area contributed by atoms with Gasteiger partial charge in [-0.3, -0.25) is 4.90 Å². The van der Waals surface area contributed by atoms with Gasteiger partial charge in [0.15, 0.2) is 0 Å². The minimum absolute atomic E-state index is 0.331. The molecular weight excluding hydrogens is 230 g/mol. The van der Waals surface area contributed by atoms with E-state index in [1.165, 1.54) is 14.1 Å². The maximum Gasteiger partial charge on any atom is 0.332 e. The number of rotatable bonds is 3. The summed E-state index contributed by atoms with van der Waals surface area (Å²) in [4.78, 5) is 26.4. The van der Waals surface area contributed by atoms with Gasteiger partial charge in [-0.1, -0.05) is 25.1 Å². The summed E-state index contributed by atoms with van der Waals surface area (Å²) in [5.74, 6) is 0. The summed E-state index contributed by atoms with van der Waals surface area (Å²) in [6, 6.07) is 8.58. The minimum Gasteiger partial charge on any atom is -0.341 e. The summed E-state index contributed by atoms with van der Waals surface area (Å²) in [5, 5.41) is 2.43. The predicted octanol–water partition coefficient (Wildman–Crippen LogP) is 2.29. The Bertz CT molecular complexity index is 406. The first-order chi connectivity index (χ1) is 8.61. The molecule has 0 spiro atoms. The highest BCUT2D eigenvalue weighted by Crippen LogP contribution is 2.15. The number of nitrogens with zero attached hydrogens (tertiary/aromatic N) is 2. The van der Waals surface area contributed by atoms with Crippen LogP contribution in [-0.2, 0) is 0 Å². The van der Waals surface area contributed by atoms with E-state index >= 15 is 0 Å². The lowest BCUT2D eigenvalue weighted by molar-refractivity contribution is 0.199. The monoisotopic (exact) mass is 249 g/mol. The molecular formula is C13H19N3O2. The Morgan fingerprint density at radius 1 is 1.22 bits per heavy atom. The highest BCUT2D eigenvalue weighted by atomic mass is 16.2. The van der Waals surface area contributed by atoms with Crippen LogP contribution in [0.5, 0.6) is 0 Å². The van der Waals surface area contributed by atoms with E-state index in [2.05, 4.69) is 5.32 Å². The van der Waals surface area contributed by atoms with Crippen LogP contribution in [0.4, 0.5) is 15.3 Å². The average Bonchev–Trinajstić information content (AvgIpc) is 2.43. The highest BCUT2D eigenvalue weighted by Gasteiger charge is 2.22. The first kappa shape index (κ1) is 14.0. The second-order valence-corrected chi connectivity index (χ2v) is 3.88. The van der Waals surface area contributed by atoms with Gasteiger partial charge in [0, 0.05) is 26.3 Å². The zero-order valence-electron chi connectivity index (χ0n) is 11.0. The van der Waals surface area contributed by atoms with Crippen molar-refractivity contribution in [2.24, 2.45) is 0 Å². The first-order valence-corrected chi connectivity index (χ1v) is 5.93. The molecule has 1 aromatic rings. The van der Waals surface area contributed by atoms with Gasteiger partial charge < -0.3 is 5.32 Å². The number of urea groups is 2. The summed E-state index contributed by atoms with van der Waals surface area (Å²) >= 11 is 0. The van der Waals surface area contributed by atoms with Crippen molar-refractivity contribution in [2.75, 3.05) is 25.5 Å². The summed E-state index contributed by atoms with van der Waals surface area (Å²) in [6.45, 7) is 2.56. The molecule has 0 aliphatic carbocycles. The van der Waals surface area contributed by atoms with Gasteiger partial charge in [-0.2, -0.15) is 0 Å². The number of benzene rings is 1. The Morgan fingerprint density at radius 2 is 1.83 bits per heavy atom. The van der Waals surface area contributed by atoms with Gasteiger partial charge in [-0.15, -0.1) is 0 Å². The second-order valence-electron chi connectivity index (χ2n) is 3.88. The van der Waals surface area contributed by atoms with Crippen LogP contribution < -0.4 is 10.2 Å². The summed E-state index contributed by atoms with van der Waals surface area (Å²) in [7, 11) is 2.96. The third kappa shape index (κ3) is 3.23. The Kier molecular flexibility index (Phi) is 5.17. The van der Waals surface area contributed by atoms with Crippen LogP contribution in [0.25, 0.3) is 0 Å². The van der Waals surface area contributed by atoms with Crippen LogP contribution in [0.15, 0.2) is 30.3 Å². The standard InChI is InChI=1S/C13H19N3O2/c1-4-10-16(11-8-6-5-7-9-11)13(18)15(3)12(17)14-2/h5-9H,4,10H2,1-3H3,(H,14,17). The van der Waals surface area contributed by atoms with Gasteiger partial charge in [0.25, 0.3) is 0 Å². The third-order valence-electron chi connectivity index (χ3n) is 2.55. The van der Waals surface area contributed by atoms with Crippen LogP contribution in [-0.4, -0.2) is 37.6 Å². The van der Waals surface area contributed by atoms with Crippen molar-refractivity contribution in [2.45, 2.75) is 13.3 Å². The van der Waals surface area contributed by atoms with Gasteiger partial charge in [-0.25, -0.2) is 14.5 Å². The van der Waals surface area contributed by atoms with Crippen molar-refractivity contribution in [3.05, 3.63) is 30.3 Å². The smallest absolute Gasteiger partial charge is 0.332 e. The lowest BCUT2D eigenvalue weighted by Crippen LogP contribution is -2.47. The van der Waals surface area contributed by atoms with Gasteiger partial charge in [0.1, 0.15) is 0 Å². The zero-order valence-corrected chi connectivity index (χ0v) is 11.0. The van der Waals surface area contributed by atoms with Crippen molar-refractivity contribution in [1.82, 2.24) is 10.2 Å². The third-order valence-corrected chi connectivity index (χ3v) is 2.55. The van der Waals surface area contributed by atoms with E-state index < -0.39 is 6.03 Å². The number of amides is 4. The predicted molar refractivity (Wildman–Crippen MR) is 71.7 cm³/mol. The zero-order chi connectivity index (χ0) is 13.5. The molecule has 0 fully saturated rings. The number of nitrogens with one attached hydrogen (secondary N) is 1. The average molecular weight is 249 g/mol. The topological polar surface area (TPSA) is 52.7 Å². The molecule has 1 N–H and O–H groups in total. The molecule has 0 aliphatic heterocycles. The molecule has 0 radical (unpaired) electrons. The van der Waals surface area contributed by atoms with E-state index in [9.17, 15) is 9.59 Å². The van der Waals surface area contributed by atoms with Crippen molar-refractivity contribution < 1.29 is 9.59 Å². The van der Waals surface area contributed by atoms with Crippen LogP contribution >= 0.6 is 0 Å². The largest absolute Gasteiger partial charge is 0.341 e. The number of para-hydroxylation sites is 1. The van der Waals surface area contributed by atoms with Crippen LogP contribution in [0, 0.1) is 0 Å². The fourth-order valence-electron chi connectivity index (χ4n) is 1.60. The van der Waals surface area contributed by atoms with E-state index in [0.717, 1.165) is 17.0 Å². The molecule has 98 valence electrons. The van der Waals surface area contributed by atoms with Crippen molar-refractivity contribution in [1.29, 1.82) is 0 Å². The SMILES string of the molecule is CCCN(C(=O)N(C)C(=O)NC)c1ccccc1. The maximum absolute atomic E-state index is 12.2. The van der Waals surface area contributed by atoms with E-state index in [1.54, 1.807) is 4.90 Å². The molecule has 0 saturated carbocycles. The molecule has 0 saturated heterocycles. The lowest BCUT2D eigenvalue weighted by atomic mass is 10.3. The Labute approximate surface area is 107 Å². The molecule has 18 heavy (non-hydrogen) atoms. The van der Waals surface area contributed by atoms with E-state index in [1.807, 2.05) is 37.3 Å². The Balaban J connectivity index is 2.92. The summed E-state index contributed by atoms with van der Waals surface area (Å²) in [5.41, 5.74) is 0.792. The van der Waals surface area contributed by atoms with Gasteiger partial charge in [0.05, 0.1) is 0 Å². The normalized spacial score (nSPS) is 9.72. The van der Waals surface area contributed by atoms with Crippen molar-refractivity contribution in [3.63, 3.8) is 0 Å². The Morgan fingerprint density at radius 3 is 2.33 bits per heavy atom. The number of carbonyl (C=O) groups excluding carboxylic acids is 2. The number of anilines is 1. The molecule has 0 unspecified atom stereocenters. The molecule has 4 amide bonds. The quantitative estimate of drug-likeness (QED) is 0.893. The lowest BCUT2D eigenvalue weighted by Gasteiger charge is -2.26. The van der Waals surface area contributed by atoms with Gasteiger partial charge >= 0.3 is 12.1 Å². The van der Waals surface area contributed by atoms with Crippen LogP contribution in [0.1, 0.15) is 13.3 Å². The van der Waals surface area contributed by atoms with Crippen LogP contribution in [0.2, 0.25) is 0 Å². The molecule has 5 heteroatoms. The van der Waals surface area contributed by atoms with Gasteiger partial charge in [0.2, 0.25) is 0 Å². The molecule has 0 aliphatic rings. The highest BCUT2D eigenvalue weighted by molar-refractivity contribution is 6.01. The fourth-order valence-corrected chi connectivity index (χ4v) is 1.60. The number of carbonyl (C=O) groups is 2. The van der Waals surface area contributed by atoms with E-state index in [4.69, 9.17) is 0 Å². The fraction of sp³-hybridized carbons (Fsp3) is 0.385. The number of hydrogen-bond donors (Lipinski definition) is 1. The maximum atomic E-state index is 12.2. The summed E-state index contributed by atoms with van der Waals surface area (Å²) in [6.07, 6.45) is 0.822. The van der Waals surface area contributed by atoms with Gasteiger partial charge in [-0.05, 0) is 18.6 Å². The summed E-state index contributed by atoms with van der Waals surface area (Å²) < 4.78 is 0. The first-order valence-electron chi connectivity index (χ1n) is 5.93. The molecule has 0 atom stereocenters. The van der Waals surface area contributed by atoms with E-state index in [0.29, 0.717) is 6.54 Å². The Hall–Kier alpha value is -2.04. The molecule has 5 nitrogen and oxygen atoms in total. The second kappa shape index (κ2) is 6.64. The molecule has 0 bridgehead atoms. The van der Waals surface area contributed by atoms with E-state index in [-0.39, 0.29) is 6.03 Å². The molecule has 1 rings (SSSR count). The minimum atomic E-state index is -0.419. The molecule has 0 heterocycles. The number of hydrogen-bond acceptors (Lipinski definition) is 2. The van der Waals surface area contributed by atoms with Crippen LogP contribution in [0.3, 0.4) is 0 Å². The molecule has 0 aromatic heterocycles.